The van der Waals surface area contributed by atoms with Crippen molar-refractivity contribution < 1.29 is 32.9 Å². The first-order valence-electron chi connectivity index (χ1n) is 29.2. The van der Waals surface area contributed by atoms with E-state index >= 15 is 0 Å². The number of likely N-dealkylation sites (N-methyl/N-ethyl adjacent to an activating group) is 1. The van der Waals surface area contributed by atoms with Crippen LogP contribution in [0, 0.1) is 0 Å². The van der Waals surface area contributed by atoms with E-state index in [0.717, 1.165) is 38.5 Å². The van der Waals surface area contributed by atoms with Crippen molar-refractivity contribution in [2.24, 2.45) is 0 Å². The molecular weight excluding hydrogens is 852 g/mol. The number of nitrogens with one attached hydrogen (secondary N) is 1. The zero-order chi connectivity index (χ0) is 49.2. The summed E-state index contributed by atoms with van der Waals surface area (Å²) in [5.41, 5.74) is 0. The van der Waals surface area contributed by atoms with Crippen molar-refractivity contribution in [3.8, 4) is 0 Å². The van der Waals surface area contributed by atoms with Crippen LogP contribution in [0.3, 0.4) is 0 Å². The van der Waals surface area contributed by atoms with Crippen LogP contribution in [0.2, 0.25) is 0 Å². The van der Waals surface area contributed by atoms with Gasteiger partial charge in [-0.25, -0.2) is 0 Å². The van der Waals surface area contributed by atoms with Gasteiger partial charge in [-0.2, -0.15) is 0 Å². The maximum absolute atomic E-state index is 13.0. The van der Waals surface area contributed by atoms with E-state index in [1.807, 2.05) is 27.2 Å². The second-order valence-electron chi connectivity index (χ2n) is 21.4. The van der Waals surface area contributed by atoms with Gasteiger partial charge in [-0.3, -0.25) is 9.36 Å². The summed E-state index contributed by atoms with van der Waals surface area (Å²) in [7, 11) is 1.26. The number of hydrogen-bond donors (Lipinski definition) is 2. The topological polar surface area (TPSA) is 108 Å². The third-order valence-corrected chi connectivity index (χ3v) is 14.4. The zero-order valence-corrected chi connectivity index (χ0v) is 46.3. The highest BCUT2D eigenvalue weighted by molar-refractivity contribution is 7.45. The van der Waals surface area contributed by atoms with Crippen molar-refractivity contribution in [2.45, 2.75) is 302 Å². The Bertz CT molecular complexity index is 1140. The minimum Gasteiger partial charge on any atom is -0.756 e. The van der Waals surface area contributed by atoms with E-state index in [4.69, 9.17) is 9.05 Å². The van der Waals surface area contributed by atoms with Crippen LogP contribution in [0.1, 0.15) is 290 Å². The van der Waals surface area contributed by atoms with Crippen LogP contribution < -0.4 is 10.2 Å². The Labute approximate surface area is 417 Å². The van der Waals surface area contributed by atoms with Crippen molar-refractivity contribution in [2.75, 3.05) is 40.9 Å². The number of quaternary nitrogens is 1. The van der Waals surface area contributed by atoms with Crippen molar-refractivity contribution in [3.05, 3.63) is 24.3 Å². The molecule has 0 aliphatic rings. The molecule has 0 heterocycles. The Balaban J connectivity index is 4.18. The first-order valence-corrected chi connectivity index (χ1v) is 30.7. The predicted molar refractivity (Wildman–Crippen MR) is 289 cm³/mol. The van der Waals surface area contributed by atoms with Gasteiger partial charge in [0, 0.05) is 6.42 Å². The Hall–Kier alpha value is -1.02. The molecule has 0 aliphatic carbocycles. The first-order chi connectivity index (χ1) is 32.5. The van der Waals surface area contributed by atoms with Gasteiger partial charge in [-0.05, 0) is 32.1 Å². The third-order valence-electron chi connectivity index (χ3n) is 13.4. The van der Waals surface area contributed by atoms with Gasteiger partial charge in [0.2, 0.25) is 5.91 Å². The van der Waals surface area contributed by atoms with Crippen molar-refractivity contribution >= 4 is 13.7 Å². The second-order valence-corrected chi connectivity index (χ2v) is 22.8. The molecule has 67 heavy (non-hydrogen) atoms. The Morgan fingerprint density at radius 1 is 0.507 bits per heavy atom. The number of aliphatic hydroxyl groups excluding tert-OH is 1. The SMILES string of the molecule is CCCCCCCCCCCCCCC/C=C/CC/C=C/C(O)C(COP(=O)([O-])OCC[N+](C)(C)C)NC(=O)CCCCCCCCCCCCCCCCCCCCCCCCCCCC. The normalized spacial score (nSPS) is 14.1. The lowest BCUT2D eigenvalue weighted by molar-refractivity contribution is -0.870. The molecule has 398 valence electrons. The largest absolute Gasteiger partial charge is 0.756 e. The Morgan fingerprint density at radius 2 is 0.836 bits per heavy atom. The smallest absolute Gasteiger partial charge is 0.268 e. The molecule has 0 aromatic heterocycles. The van der Waals surface area contributed by atoms with Gasteiger partial charge in [0.1, 0.15) is 13.2 Å². The molecule has 0 aromatic carbocycles. The Morgan fingerprint density at radius 3 is 1.21 bits per heavy atom. The fourth-order valence-electron chi connectivity index (χ4n) is 8.82. The summed E-state index contributed by atoms with van der Waals surface area (Å²) in [5, 5.41) is 13.9. The molecule has 9 heteroatoms. The van der Waals surface area contributed by atoms with Crippen LogP contribution in [-0.4, -0.2) is 68.5 Å². The van der Waals surface area contributed by atoms with Crippen LogP contribution in [-0.2, 0) is 18.4 Å². The van der Waals surface area contributed by atoms with Gasteiger partial charge in [0.05, 0.1) is 39.9 Å². The monoisotopic (exact) mass is 967 g/mol. The maximum atomic E-state index is 13.0. The number of rotatable bonds is 54. The lowest BCUT2D eigenvalue weighted by Gasteiger charge is -2.29. The molecule has 0 saturated carbocycles. The summed E-state index contributed by atoms with van der Waals surface area (Å²) < 4.78 is 23.3. The van der Waals surface area contributed by atoms with E-state index in [-0.39, 0.29) is 19.1 Å². The Kier molecular flexibility index (Phi) is 49.2. The molecule has 0 aromatic rings. The zero-order valence-electron chi connectivity index (χ0n) is 45.4. The first kappa shape index (κ1) is 66.0. The van der Waals surface area contributed by atoms with E-state index < -0.39 is 20.0 Å². The average Bonchev–Trinajstić information content (AvgIpc) is 3.29. The average molecular weight is 968 g/mol. The number of carbonyl (C=O) groups excluding carboxylic acids is 1. The number of amides is 1. The van der Waals surface area contributed by atoms with Gasteiger partial charge >= 0.3 is 0 Å². The quantitative estimate of drug-likeness (QED) is 0.0272. The van der Waals surface area contributed by atoms with E-state index in [0.29, 0.717) is 17.4 Å². The van der Waals surface area contributed by atoms with E-state index in [9.17, 15) is 19.4 Å². The number of phosphoric ester groups is 1. The summed E-state index contributed by atoms with van der Waals surface area (Å²) in [6, 6.07) is -0.900. The predicted octanol–water partition coefficient (Wildman–Crippen LogP) is 17.0. The minimum absolute atomic E-state index is 0.00372. The lowest BCUT2D eigenvalue weighted by atomic mass is 10.0. The molecule has 3 unspecified atom stereocenters. The van der Waals surface area contributed by atoms with E-state index in [1.54, 1.807) is 6.08 Å². The highest BCUT2D eigenvalue weighted by atomic mass is 31.2. The van der Waals surface area contributed by atoms with Crippen LogP contribution >= 0.6 is 7.82 Å². The summed E-state index contributed by atoms with van der Waals surface area (Å²) in [6.45, 7) is 4.67. The van der Waals surface area contributed by atoms with Crippen molar-refractivity contribution in [3.63, 3.8) is 0 Å². The third kappa shape index (κ3) is 52.6. The van der Waals surface area contributed by atoms with Gasteiger partial charge in [0.25, 0.3) is 7.82 Å². The molecule has 0 saturated heterocycles. The van der Waals surface area contributed by atoms with Gasteiger partial charge in [0.15, 0.2) is 0 Å². The van der Waals surface area contributed by atoms with Crippen LogP contribution in [0.4, 0.5) is 0 Å². The van der Waals surface area contributed by atoms with Gasteiger partial charge in [-0.15, -0.1) is 0 Å². The standard InChI is InChI=1S/C58H115N2O6P/c1-6-8-10-12-14-16-18-20-22-24-26-27-28-29-30-31-32-34-36-38-40-42-44-46-48-50-52-58(62)59-56(55-66-67(63,64)65-54-53-60(3,4)5)57(61)51-49-47-45-43-41-39-37-35-33-25-23-21-19-17-15-13-11-9-7-2/h41,43,49,51,56-57,61H,6-40,42,44-48,50,52-55H2,1-5H3,(H-,59,62,63,64)/b43-41+,51-49+. The van der Waals surface area contributed by atoms with Crippen molar-refractivity contribution in [1.29, 1.82) is 0 Å². The molecule has 8 nitrogen and oxygen atoms in total. The molecule has 0 spiro atoms. The van der Waals surface area contributed by atoms with Gasteiger partial charge in [-0.1, -0.05) is 276 Å². The fourth-order valence-corrected chi connectivity index (χ4v) is 9.54. The van der Waals surface area contributed by atoms with Crippen LogP contribution in [0.15, 0.2) is 24.3 Å². The molecule has 0 bridgehead atoms. The fraction of sp³-hybridized carbons (Fsp3) is 0.914. The molecule has 1 amide bonds. The summed E-state index contributed by atoms with van der Waals surface area (Å²) in [4.78, 5) is 25.5. The van der Waals surface area contributed by atoms with Crippen LogP contribution in [0.25, 0.3) is 0 Å². The number of unbranched alkanes of at least 4 members (excludes halogenated alkanes) is 39. The minimum atomic E-state index is -4.60. The summed E-state index contributed by atoms with van der Waals surface area (Å²) in [6.07, 6.45) is 62.6. The number of hydrogen-bond acceptors (Lipinski definition) is 6. The summed E-state index contributed by atoms with van der Waals surface area (Å²) in [5.74, 6) is -0.201. The molecule has 3 atom stereocenters. The highest BCUT2D eigenvalue weighted by Crippen LogP contribution is 2.38. The molecule has 0 rings (SSSR count). The maximum Gasteiger partial charge on any atom is 0.268 e. The van der Waals surface area contributed by atoms with Gasteiger partial charge < -0.3 is 28.8 Å². The number of carbonyl (C=O) groups is 1. The number of allylic oxidation sites excluding steroid dienone is 3. The number of phosphoric acid groups is 1. The molecule has 0 aliphatic heterocycles. The lowest BCUT2D eigenvalue weighted by Crippen LogP contribution is -2.45. The molecule has 0 radical (unpaired) electrons. The summed E-state index contributed by atoms with van der Waals surface area (Å²) >= 11 is 0. The van der Waals surface area contributed by atoms with E-state index in [1.165, 1.54) is 231 Å². The molecule has 0 fully saturated rings. The molecular formula is C58H115N2O6P. The molecule has 2 N–H and O–H groups in total. The van der Waals surface area contributed by atoms with Crippen molar-refractivity contribution in [1.82, 2.24) is 5.32 Å². The van der Waals surface area contributed by atoms with Crippen LogP contribution in [0.5, 0.6) is 0 Å². The highest BCUT2D eigenvalue weighted by Gasteiger charge is 2.23. The number of aliphatic hydroxyl groups is 1. The van der Waals surface area contributed by atoms with E-state index in [2.05, 4.69) is 31.3 Å². The second kappa shape index (κ2) is 49.9. The number of nitrogens with zero attached hydrogens (tertiary/aromatic N) is 1.